The van der Waals surface area contributed by atoms with E-state index >= 15 is 0 Å². The minimum Gasteiger partial charge on any atom is -0.351 e. The molecule has 9 heteroatoms. The van der Waals surface area contributed by atoms with Crippen molar-refractivity contribution in [1.82, 2.24) is 20.4 Å². The fourth-order valence-corrected chi connectivity index (χ4v) is 3.56. The second kappa shape index (κ2) is 12.2. The highest BCUT2D eigenvalue weighted by atomic mass is 35.5. The number of halogens is 3. The molecule has 0 saturated carbocycles. The van der Waals surface area contributed by atoms with Gasteiger partial charge in [0.05, 0.1) is 5.56 Å². The van der Waals surface area contributed by atoms with E-state index < -0.39 is 5.82 Å². The van der Waals surface area contributed by atoms with Gasteiger partial charge in [0.25, 0.3) is 5.91 Å². The van der Waals surface area contributed by atoms with Crippen molar-refractivity contribution >= 4 is 36.6 Å². The number of piperazine rings is 1. The average Bonchev–Trinajstić information content (AvgIpc) is 3.15. The first-order chi connectivity index (χ1) is 12.6. The van der Waals surface area contributed by atoms with Crippen molar-refractivity contribution in [2.24, 2.45) is 0 Å². The van der Waals surface area contributed by atoms with Crippen LogP contribution >= 0.6 is 24.8 Å². The van der Waals surface area contributed by atoms with Crippen LogP contribution in [0.3, 0.4) is 0 Å². The van der Waals surface area contributed by atoms with Gasteiger partial charge in [0.2, 0.25) is 5.91 Å². The molecule has 28 heavy (non-hydrogen) atoms. The predicted octanol–water partition coefficient (Wildman–Crippen LogP) is 1.69. The maximum Gasteiger partial charge on any atom is 0.254 e. The van der Waals surface area contributed by atoms with E-state index in [9.17, 15) is 14.0 Å². The molecule has 1 atom stereocenters. The lowest BCUT2D eigenvalue weighted by Crippen LogP contribution is -2.51. The van der Waals surface area contributed by atoms with Gasteiger partial charge in [0.1, 0.15) is 5.82 Å². The highest BCUT2D eigenvalue weighted by molar-refractivity contribution is 5.94. The first-order valence-corrected chi connectivity index (χ1v) is 9.40. The number of hydrogen-bond donors (Lipinski definition) is 2. The molecule has 1 aromatic rings. The number of benzene rings is 1. The summed E-state index contributed by atoms with van der Waals surface area (Å²) in [7, 11) is 0. The lowest BCUT2D eigenvalue weighted by molar-refractivity contribution is -0.133. The van der Waals surface area contributed by atoms with Crippen LogP contribution in [0.15, 0.2) is 24.3 Å². The van der Waals surface area contributed by atoms with Gasteiger partial charge in [-0.1, -0.05) is 12.1 Å². The summed E-state index contributed by atoms with van der Waals surface area (Å²) in [5.41, 5.74) is 0.0726. The van der Waals surface area contributed by atoms with Gasteiger partial charge < -0.3 is 15.5 Å². The van der Waals surface area contributed by atoms with Crippen LogP contribution < -0.4 is 10.6 Å². The third-order valence-corrected chi connectivity index (χ3v) is 5.14. The molecule has 2 N–H and O–H groups in total. The number of nitrogens with one attached hydrogen (secondary N) is 2. The van der Waals surface area contributed by atoms with Crippen LogP contribution in [0.1, 0.15) is 29.6 Å². The monoisotopic (exact) mass is 434 g/mol. The largest absolute Gasteiger partial charge is 0.351 e. The molecule has 158 valence electrons. The summed E-state index contributed by atoms with van der Waals surface area (Å²) < 4.78 is 13.6. The van der Waals surface area contributed by atoms with E-state index in [0.717, 1.165) is 45.6 Å². The van der Waals surface area contributed by atoms with Gasteiger partial charge in [-0.3, -0.25) is 14.5 Å². The Bertz CT molecular complexity index is 636. The second-order valence-electron chi connectivity index (χ2n) is 6.96. The molecule has 0 aliphatic carbocycles. The molecular formula is C19H29Cl2FN4O2. The molecule has 0 radical (unpaired) electrons. The van der Waals surface area contributed by atoms with Crippen molar-refractivity contribution in [3.05, 3.63) is 35.6 Å². The van der Waals surface area contributed by atoms with Crippen LogP contribution in [0.4, 0.5) is 4.39 Å². The highest BCUT2D eigenvalue weighted by Gasteiger charge is 2.24. The van der Waals surface area contributed by atoms with Crippen molar-refractivity contribution in [1.29, 1.82) is 0 Å². The molecule has 2 aliphatic heterocycles. The van der Waals surface area contributed by atoms with E-state index in [2.05, 4.69) is 15.5 Å². The third kappa shape index (κ3) is 6.88. The van der Waals surface area contributed by atoms with Crippen molar-refractivity contribution in [2.45, 2.75) is 25.3 Å². The maximum atomic E-state index is 13.6. The van der Waals surface area contributed by atoms with Crippen molar-refractivity contribution in [3.63, 3.8) is 0 Å². The van der Waals surface area contributed by atoms with Crippen LogP contribution in [-0.2, 0) is 4.79 Å². The average molecular weight is 435 g/mol. The van der Waals surface area contributed by atoms with Gasteiger partial charge in [-0.25, -0.2) is 4.39 Å². The SMILES string of the molecule is Cl.Cl.O=C(NCCN1CCN(C(=O)CC2CCCN2)CC1)c1ccccc1F. The molecule has 0 spiro atoms. The van der Waals surface area contributed by atoms with Crippen molar-refractivity contribution in [2.75, 3.05) is 45.8 Å². The Kier molecular flexibility index (Phi) is 10.7. The zero-order chi connectivity index (χ0) is 18.4. The van der Waals surface area contributed by atoms with E-state index in [1.54, 1.807) is 12.1 Å². The van der Waals surface area contributed by atoms with E-state index in [1.807, 2.05) is 4.90 Å². The molecule has 1 aromatic carbocycles. The van der Waals surface area contributed by atoms with Crippen LogP contribution in [0.2, 0.25) is 0 Å². The quantitative estimate of drug-likeness (QED) is 0.714. The fraction of sp³-hybridized carbons (Fsp3) is 0.579. The number of carbonyl (C=O) groups excluding carboxylic acids is 2. The first-order valence-electron chi connectivity index (χ1n) is 9.40. The summed E-state index contributed by atoms with van der Waals surface area (Å²) in [6.07, 6.45) is 2.84. The van der Waals surface area contributed by atoms with Crippen LogP contribution in [-0.4, -0.2) is 73.5 Å². The van der Waals surface area contributed by atoms with Crippen LogP contribution in [0.5, 0.6) is 0 Å². The topological polar surface area (TPSA) is 64.7 Å². The first kappa shape index (κ1) is 24.6. The predicted molar refractivity (Wildman–Crippen MR) is 112 cm³/mol. The number of amides is 2. The zero-order valence-corrected chi connectivity index (χ0v) is 17.5. The van der Waals surface area contributed by atoms with Crippen molar-refractivity contribution < 1.29 is 14.0 Å². The molecule has 1 unspecified atom stereocenters. The molecular weight excluding hydrogens is 406 g/mol. The number of rotatable bonds is 6. The molecule has 2 saturated heterocycles. The number of carbonyl (C=O) groups is 2. The van der Waals surface area contributed by atoms with E-state index in [-0.39, 0.29) is 42.2 Å². The summed E-state index contributed by atoms with van der Waals surface area (Å²) in [5, 5.41) is 6.13. The van der Waals surface area contributed by atoms with Gasteiger partial charge in [0, 0.05) is 51.7 Å². The van der Waals surface area contributed by atoms with Gasteiger partial charge in [-0.15, -0.1) is 24.8 Å². The van der Waals surface area contributed by atoms with E-state index in [4.69, 9.17) is 0 Å². The fourth-order valence-electron chi connectivity index (χ4n) is 3.56. The molecule has 0 aromatic heterocycles. The van der Waals surface area contributed by atoms with Crippen molar-refractivity contribution in [3.8, 4) is 0 Å². The minimum atomic E-state index is -0.506. The zero-order valence-electron chi connectivity index (χ0n) is 15.9. The smallest absolute Gasteiger partial charge is 0.254 e. The molecule has 3 rings (SSSR count). The second-order valence-corrected chi connectivity index (χ2v) is 6.96. The Morgan fingerprint density at radius 3 is 2.50 bits per heavy atom. The Hall–Kier alpha value is -1.41. The number of hydrogen-bond acceptors (Lipinski definition) is 4. The van der Waals surface area contributed by atoms with E-state index in [0.29, 0.717) is 25.6 Å². The minimum absolute atomic E-state index is 0. The van der Waals surface area contributed by atoms with Gasteiger partial charge in [0.15, 0.2) is 0 Å². The normalized spacial score (nSPS) is 19.5. The lowest BCUT2D eigenvalue weighted by Gasteiger charge is -2.35. The summed E-state index contributed by atoms with van der Waals surface area (Å²) >= 11 is 0. The molecule has 6 nitrogen and oxygen atoms in total. The summed E-state index contributed by atoms with van der Waals surface area (Å²) in [4.78, 5) is 28.5. The van der Waals surface area contributed by atoms with Crippen LogP contribution in [0.25, 0.3) is 0 Å². The van der Waals surface area contributed by atoms with Gasteiger partial charge in [-0.2, -0.15) is 0 Å². The maximum absolute atomic E-state index is 13.6. The Balaban J connectivity index is 0.00000196. The summed E-state index contributed by atoms with van der Waals surface area (Å²) in [6.45, 7) is 5.25. The molecule has 0 bridgehead atoms. The van der Waals surface area contributed by atoms with Gasteiger partial charge in [-0.05, 0) is 31.5 Å². The van der Waals surface area contributed by atoms with Gasteiger partial charge >= 0.3 is 0 Å². The molecule has 2 fully saturated rings. The van der Waals surface area contributed by atoms with E-state index in [1.165, 1.54) is 12.1 Å². The lowest BCUT2D eigenvalue weighted by atomic mass is 10.1. The highest BCUT2D eigenvalue weighted by Crippen LogP contribution is 2.12. The Labute approximate surface area is 178 Å². The number of nitrogens with zero attached hydrogens (tertiary/aromatic N) is 2. The van der Waals surface area contributed by atoms with Crippen LogP contribution in [0, 0.1) is 5.82 Å². The summed E-state index contributed by atoms with van der Waals surface area (Å²) in [6, 6.07) is 6.32. The molecule has 2 aliphatic rings. The third-order valence-electron chi connectivity index (χ3n) is 5.14. The Morgan fingerprint density at radius 2 is 1.86 bits per heavy atom. The summed E-state index contributed by atoms with van der Waals surface area (Å²) in [5.74, 6) is -0.660. The molecule has 2 heterocycles. The molecule has 2 amide bonds. The standard InChI is InChI=1S/C19H27FN4O2.2ClH/c20-17-6-2-1-5-16(17)19(26)22-8-9-23-10-12-24(13-11-23)18(25)14-15-4-3-7-21-15;;/h1-2,5-6,15,21H,3-4,7-14H2,(H,22,26);2*1H. The Morgan fingerprint density at radius 1 is 1.14 bits per heavy atom.